The van der Waals surface area contributed by atoms with E-state index in [0.717, 1.165) is 49.2 Å². The number of piperidine rings is 1. The molecular weight excluding hydrogens is 392 g/mol. The van der Waals surface area contributed by atoms with E-state index in [1.807, 2.05) is 37.3 Å². The molecule has 31 heavy (non-hydrogen) atoms. The lowest BCUT2D eigenvalue weighted by molar-refractivity contribution is -0.120. The Bertz CT molecular complexity index is 918. The number of aromatic nitrogens is 3. The van der Waals surface area contributed by atoms with E-state index in [4.69, 9.17) is 4.99 Å². The lowest BCUT2D eigenvalue weighted by Crippen LogP contribution is -2.55. The summed E-state index contributed by atoms with van der Waals surface area (Å²) < 4.78 is 1.72. The minimum absolute atomic E-state index is 0.0566. The first-order valence-electron chi connectivity index (χ1n) is 11.2. The second-order valence-electron chi connectivity index (χ2n) is 8.08. The van der Waals surface area contributed by atoms with Gasteiger partial charge in [-0.3, -0.25) is 9.48 Å². The summed E-state index contributed by atoms with van der Waals surface area (Å²) in [6, 6.07) is 4.16. The molecule has 4 rings (SSSR count). The number of nitrogens with one attached hydrogen (secondary N) is 1. The second-order valence-corrected chi connectivity index (χ2v) is 8.08. The molecule has 2 fully saturated rings. The van der Waals surface area contributed by atoms with Crippen LogP contribution in [0.1, 0.15) is 31.7 Å². The van der Waals surface area contributed by atoms with Crippen molar-refractivity contribution in [1.29, 1.82) is 0 Å². The monoisotopic (exact) mass is 424 g/mol. The molecule has 2 aromatic heterocycles. The number of aryl methyl sites for hydroxylation is 1. The van der Waals surface area contributed by atoms with Crippen LogP contribution >= 0.6 is 0 Å². The molecule has 4 heterocycles. The fraction of sp³-hybridized carbons (Fsp3) is 0.545. The predicted molar refractivity (Wildman–Crippen MR) is 122 cm³/mol. The van der Waals surface area contributed by atoms with E-state index in [-0.39, 0.29) is 5.91 Å². The van der Waals surface area contributed by atoms with Gasteiger partial charge in [0.2, 0.25) is 5.91 Å². The van der Waals surface area contributed by atoms with Gasteiger partial charge in [-0.25, -0.2) is 9.98 Å². The third kappa shape index (κ3) is 5.15. The van der Waals surface area contributed by atoms with E-state index in [1.165, 1.54) is 19.3 Å². The normalized spacial score (nSPS) is 17.9. The van der Waals surface area contributed by atoms with Crippen molar-refractivity contribution in [3.05, 3.63) is 36.3 Å². The Balaban J connectivity index is 1.42. The molecule has 0 spiro atoms. The number of nitrogens with zero attached hydrogens (tertiary/aromatic N) is 7. The first-order valence-corrected chi connectivity index (χ1v) is 11.2. The minimum Gasteiger partial charge on any atom is -0.357 e. The van der Waals surface area contributed by atoms with Crippen molar-refractivity contribution in [1.82, 2.24) is 25.0 Å². The number of carbonyl (C=O) groups is 1. The Kier molecular flexibility index (Phi) is 6.69. The topological polar surface area (TPSA) is 81.9 Å². The van der Waals surface area contributed by atoms with Crippen LogP contribution in [0.2, 0.25) is 0 Å². The summed E-state index contributed by atoms with van der Waals surface area (Å²) in [4.78, 5) is 28.3. The number of carbonyl (C=O) groups excluding carboxylic acids is 1. The third-order valence-electron chi connectivity index (χ3n) is 5.76. The van der Waals surface area contributed by atoms with Crippen LogP contribution in [0.4, 0.5) is 11.5 Å². The summed E-state index contributed by atoms with van der Waals surface area (Å²) in [5, 5.41) is 7.52. The van der Waals surface area contributed by atoms with Crippen LogP contribution in [0.3, 0.4) is 0 Å². The molecule has 166 valence electrons. The van der Waals surface area contributed by atoms with Crippen molar-refractivity contribution >= 4 is 23.4 Å². The highest BCUT2D eigenvalue weighted by molar-refractivity contribution is 5.98. The molecule has 9 heteroatoms. The largest absolute Gasteiger partial charge is 0.357 e. The van der Waals surface area contributed by atoms with E-state index in [0.29, 0.717) is 19.6 Å². The number of rotatable bonds is 5. The van der Waals surface area contributed by atoms with Crippen LogP contribution in [0.25, 0.3) is 0 Å². The Morgan fingerprint density at radius 3 is 2.74 bits per heavy atom. The molecule has 0 atom stereocenters. The number of hydrogen-bond acceptors (Lipinski definition) is 5. The highest BCUT2D eigenvalue weighted by atomic mass is 16.2. The molecule has 0 unspecified atom stereocenters. The van der Waals surface area contributed by atoms with Crippen LogP contribution in [-0.4, -0.2) is 70.8 Å². The summed E-state index contributed by atoms with van der Waals surface area (Å²) >= 11 is 0. The maximum Gasteiger partial charge on any atom is 0.246 e. The highest BCUT2D eigenvalue weighted by Gasteiger charge is 2.27. The van der Waals surface area contributed by atoms with Gasteiger partial charge in [0.1, 0.15) is 12.4 Å². The SMILES string of the molecule is CCNC(=NCc1ccnc(N2CCCCC2)c1)N1CCN(c2cnn(C)c2)C(=O)C1. The fourth-order valence-corrected chi connectivity index (χ4v) is 4.12. The van der Waals surface area contributed by atoms with Gasteiger partial charge in [-0.1, -0.05) is 0 Å². The van der Waals surface area contributed by atoms with Gasteiger partial charge in [0.15, 0.2) is 5.96 Å². The van der Waals surface area contributed by atoms with Crippen LogP contribution < -0.4 is 15.1 Å². The summed E-state index contributed by atoms with van der Waals surface area (Å²) in [5.41, 5.74) is 1.97. The Morgan fingerprint density at radius 2 is 2.03 bits per heavy atom. The number of aliphatic imine (C=N–C) groups is 1. The van der Waals surface area contributed by atoms with Gasteiger partial charge < -0.3 is 20.0 Å². The Morgan fingerprint density at radius 1 is 1.19 bits per heavy atom. The first-order chi connectivity index (χ1) is 15.1. The van der Waals surface area contributed by atoms with Gasteiger partial charge in [0.05, 0.1) is 18.4 Å². The van der Waals surface area contributed by atoms with Crippen LogP contribution in [0.15, 0.2) is 35.7 Å². The van der Waals surface area contributed by atoms with E-state index < -0.39 is 0 Å². The molecular formula is C22H32N8O. The molecule has 1 amide bonds. The van der Waals surface area contributed by atoms with E-state index in [9.17, 15) is 4.79 Å². The van der Waals surface area contributed by atoms with Crippen molar-refractivity contribution < 1.29 is 4.79 Å². The van der Waals surface area contributed by atoms with Gasteiger partial charge in [0, 0.05) is 52.2 Å². The maximum absolute atomic E-state index is 12.8. The van der Waals surface area contributed by atoms with Crippen molar-refractivity contribution in [3.63, 3.8) is 0 Å². The van der Waals surface area contributed by atoms with Crippen molar-refractivity contribution in [2.24, 2.45) is 12.0 Å². The van der Waals surface area contributed by atoms with Crippen molar-refractivity contribution in [2.75, 3.05) is 49.1 Å². The van der Waals surface area contributed by atoms with Gasteiger partial charge in [-0.2, -0.15) is 5.10 Å². The summed E-state index contributed by atoms with van der Waals surface area (Å²) in [6.45, 7) is 7.15. The van der Waals surface area contributed by atoms with Gasteiger partial charge >= 0.3 is 0 Å². The molecule has 0 aromatic carbocycles. The molecule has 2 saturated heterocycles. The average molecular weight is 425 g/mol. The summed E-state index contributed by atoms with van der Waals surface area (Å²) in [6.07, 6.45) is 9.24. The molecule has 9 nitrogen and oxygen atoms in total. The minimum atomic E-state index is 0.0566. The molecule has 0 aliphatic carbocycles. The van der Waals surface area contributed by atoms with Crippen molar-refractivity contribution in [2.45, 2.75) is 32.7 Å². The summed E-state index contributed by atoms with van der Waals surface area (Å²) in [5.74, 6) is 1.87. The van der Waals surface area contributed by atoms with E-state index in [1.54, 1.807) is 15.8 Å². The maximum atomic E-state index is 12.8. The molecule has 0 saturated carbocycles. The zero-order valence-electron chi connectivity index (χ0n) is 18.5. The fourth-order valence-electron chi connectivity index (χ4n) is 4.12. The zero-order valence-corrected chi connectivity index (χ0v) is 18.5. The van der Waals surface area contributed by atoms with Gasteiger partial charge in [-0.15, -0.1) is 0 Å². The van der Waals surface area contributed by atoms with Gasteiger partial charge in [0.25, 0.3) is 0 Å². The lowest BCUT2D eigenvalue weighted by Gasteiger charge is -2.35. The number of anilines is 2. The summed E-state index contributed by atoms with van der Waals surface area (Å²) in [7, 11) is 1.86. The Labute approximate surface area is 183 Å². The van der Waals surface area contributed by atoms with Crippen LogP contribution in [-0.2, 0) is 18.4 Å². The Hall–Kier alpha value is -3.10. The smallest absolute Gasteiger partial charge is 0.246 e. The molecule has 0 bridgehead atoms. The molecule has 0 radical (unpaired) electrons. The highest BCUT2D eigenvalue weighted by Crippen LogP contribution is 2.19. The number of amides is 1. The van der Waals surface area contributed by atoms with Crippen LogP contribution in [0.5, 0.6) is 0 Å². The quantitative estimate of drug-likeness (QED) is 0.580. The van der Waals surface area contributed by atoms with Crippen molar-refractivity contribution in [3.8, 4) is 0 Å². The number of piperazine rings is 1. The second kappa shape index (κ2) is 9.80. The van der Waals surface area contributed by atoms with E-state index >= 15 is 0 Å². The molecule has 1 N–H and O–H groups in total. The zero-order chi connectivity index (χ0) is 21.6. The third-order valence-corrected chi connectivity index (χ3v) is 5.76. The number of pyridine rings is 1. The molecule has 2 aliphatic rings. The first kappa shape index (κ1) is 21.1. The number of guanidine groups is 1. The number of hydrogen-bond donors (Lipinski definition) is 1. The van der Waals surface area contributed by atoms with E-state index in [2.05, 4.69) is 26.4 Å². The van der Waals surface area contributed by atoms with Gasteiger partial charge in [-0.05, 0) is 43.9 Å². The predicted octanol–water partition coefficient (Wildman–Crippen LogP) is 1.62. The van der Waals surface area contributed by atoms with Crippen LogP contribution in [0, 0.1) is 0 Å². The molecule has 2 aliphatic heterocycles. The standard InChI is InChI=1S/C22H32N8O/c1-3-23-22(29-11-12-30(21(31)17-29)19-15-26-27(2)16-19)25-14-18-7-8-24-20(13-18)28-9-5-4-6-10-28/h7-8,13,15-16H,3-6,9-12,14,17H2,1-2H3,(H,23,25). The average Bonchev–Trinajstić information content (AvgIpc) is 3.23. The molecule has 2 aromatic rings. The lowest BCUT2D eigenvalue weighted by atomic mass is 10.1.